The minimum atomic E-state index is -0.474. The fraction of sp³-hybridized carbons (Fsp3) is 0.429. The van der Waals surface area contributed by atoms with Crippen molar-refractivity contribution < 1.29 is 9.59 Å². The van der Waals surface area contributed by atoms with Gasteiger partial charge in [0.25, 0.3) is 0 Å². The monoisotopic (exact) mass is 307 g/mol. The molecule has 94 valence electrons. The molecule has 1 aliphatic heterocycles. The number of nitrogens with zero attached hydrogens (tertiary/aromatic N) is 1. The number of benzene rings is 1. The maximum Gasteiger partial charge on any atom is 0.237 e. The molecular weight excluding hydrogens is 294 g/mol. The van der Waals surface area contributed by atoms with Gasteiger partial charge in [0, 0.05) is 35.6 Å². The third-order valence-electron chi connectivity index (χ3n) is 4.21. The lowest BCUT2D eigenvalue weighted by atomic mass is 9.70. The summed E-state index contributed by atoms with van der Waals surface area (Å²) in [5.74, 6) is 0.411. The van der Waals surface area contributed by atoms with E-state index in [1.54, 1.807) is 4.90 Å². The van der Waals surface area contributed by atoms with Gasteiger partial charge < -0.3 is 4.90 Å². The molecule has 1 aliphatic carbocycles. The third-order valence-corrected chi connectivity index (χ3v) is 4.87. The molecular formula is C14H14BrNO2. The molecule has 0 radical (unpaired) electrons. The normalized spacial score (nSPS) is 21.6. The lowest BCUT2D eigenvalue weighted by Gasteiger charge is -2.32. The topological polar surface area (TPSA) is 37.4 Å². The van der Waals surface area contributed by atoms with E-state index in [9.17, 15) is 9.59 Å². The zero-order chi connectivity index (χ0) is 12.9. The van der Waals surface area contributed by atoms with Crippen LogP contribution in [0.5, 0.6) is 0 Å². The van der Waals surface area contributed by atoms with E-state index in [1.807, 2.05) is 25.2 Å². The molecule has 18 heavy (non-hydrogen) atoms. The molecule has 3 rings (SSSR count). The molecule has 0 bridgehead atoms. The van der Waals surface area contributed by atoms with Crippen molar-refractivity contribution in [3.63, 3.8) is 0 Å². The number of amides is 1. The summed E-state index contributed by atoms with van der Waals surface area (Å²) in [4.78, 5) is 25.8. The predicted octanol–water partition coefficient (Wildman–Crippen LogP) is 2.81. The van der Waals surface area contributed by atoms with Crippen molar-refractivity contribution in [1.29, 1.82) is 0 Å². The van der Waals surface area contributed by atoms with Gasteiger partial charge in [0.15, 0.2) is 0 Å². The van der Waals surface area contributed by atoms with Gasteiger partial charge >= 0.3 is 0 Å². The largest absolute Gasteiger partial charge is 0.314 e. The quantitative estimate of drug-likeness (QED) is 0.739. The third kappa shape index (κ3) is 1.41. The van der Waals surface area contributed by atoms with Gasteiger partial charge in [-0.2, -0.15) is 0 Å². The number of anilines is 1. The lowest BCUT2D eigenvalue weighted by Crippen LogP contribution is -2.41. The molecule has 1 spiro atoms. The molecule has 1 aromatic carbocycles. The van der Waals surface area contributed by atoms with E-state index in [-0.39, 0.29) is 11.7 Å². The van der Waals surface area contributed by atoms with Crippen LogP contribution in [-0.2, 0) is 15.0 Å². The van der Waals surface area contributed by atoms with Crippen molar-refractivity contribution in [2.75, 3.05) is 11.9 Å². The molecule has 2 aliphatic rings. The summed E-state index contributed by atoms with van der Waals surface area (Å²) >= 11 is 3.56. The van der Waals surface area contributed by atoms with E-state index < -0.39 is 5.41 Å². The Morgan fingerprint density at radius 3 is 2.56 bits per heavy atom. The number of carbonyl (C=O) groups excluding carboxylic acids is 2. The Kier molecular flexibility index (Phi) is 2.59. The Morgan fingerprint density at radius 2 is 1.89 bits per heavy atom. The molecule has 0 unspecified atom stereocenters. The van der Waals surface area contributed by atoms with Gasteiger partial charge in [-0.3, -0.25) is 9.59 Å². The number of likely N-dealkylation sites (N-methyl/N-ethyl adjacent to an activating group) is 1. The number of hydrogen-bond donors (Lipinski definition) is 0. The molecule has 0 N–H and O–H groups in total. The van der Waals surface area contributed by atoms with E-state index in [0.29, 0.717) is 25.7 Å². The van der Waals surface area contributed by atoms with Gasteiger partial charge in [-0.15, -0.1) is 0 Å². The van der Waals surface area contributed by atoms with Crippen LogP contribution in [0.3, 0.4) is 0 Å². The van der Waals surface area contributed by atoms with Crippen LogP contribution in [0, 0.1) is 0 Å². The number of halogens is 1. The SMILES string of the molecule is CN1C(=O)C2(CCC(=O)CC2)c2c(Br)cccc21. The Balaban J connectivity index is 2.18. The first-order valence-electron chi connectivity index (χ1n) is 6.15. The molecule has 0 atom stereocenters. The highest BCUT2D eigenvalue weighted by Gasteiger charge is 2.51. The number of hydrogen-bond acceptors (Lipinski definition) is 2. The Bertz CT molecular complexity index is 543. The van der Waals surface area contributed by atoms with Crippen molar-refractivity contribution >= 4 is 33.3 Å². The van der Waals surface area contributed by atoms with Crippen molar-refractivity contribution in [1.82, 2.24) is 0 Å². The van der Waals surface area contributed by atoms with Crippen LogP contribution in [0.4, 0.5) is 5.69 Å². The minimum Gasteiger partial charge on any atom is -0.314 e. The number of carbonyl (C=O) groups is 2. The van der Waals surface area contributed by atoms with Crippen molar-refractivity contribution in [2.24, 2.45) is 0 Å². The zero-order valence-corrected chi connectivity index (χ0v) is 11.8. The summed E-state index contributed by atoms with van der Waals surface area (Å²) in [6.07, 6.45) is 2.32. The second-order valence-electron chi connectivity index (χ2n) is 5.12. The van der Waals surface area contributed by atoms with E-state index in [1.165, 1.54) is 0 Å². The van der Waals surface area contributed by atoms with E-state index in [2.05, 4.69) is 15.9 Å². The summed E-state index contributed by atoms with van der Waals surface area (Å²) in [7, 11) is 1.82. The fourth-order valence-electron chi connectivity index (χ4n) is 3.22. The maximum absolute atomic E-state index is 12.6. The van der Waals surface area contributed by atoms with Crippen LogP contribution >= 0.6 is 15.9 Å². The van der Waals surface area contributed by atoms with Crippen LogP contribution in [0.15, 0.2) is 22.7 Å². The molecule has 1 saturated carbocycles. The van der Waals surface area contributed by atoms with E-state index in [4.69, 9.17) is 0 Å². The van der Waals surface area contributed by atoms with Gasteiger partial charge in [-0.25, -0.2) is 0 Å². The molecule has 1 fully saturated rings. The minimum absolute atomic E-state index is 0.136. The molecule has 4 heteroatoms. The fourth-order valence-corrected chi connectivity index (χ4v) is 3.96. The van der Waals surface area contributed by atoms with Gasteiger partial charge in [0.05, 0.1) is 5.41 Å². The summed E-state index contributed by atoms with van der Waals surface area (Å²) in [6.45, 7) is 0. The van der Waals surface area contributed by atoms with E-state index in [0.717, 1.165) is 15.7 Å². The second-order valence-corrected chi connectivity index (χ2v) is 5.97. The Morgan fingerprint density at radius 1 is 1.22 bits per heavy atom. The predicted molar refractivity (Wildman–Crippen MR) is 72.7 cm³/mol. The average molecular weight is 308 g/mol. The molecule has 0 saturated heterocycles. The van der Waals surface area contributed by atoms with Crippen molar-refractivity contribution in [3.8, 4) is 0 Å². The van der Waals surface area contributed by atoms with Gasteiger partial charge in [0.1, 0.15) is 5.78 Å². The standard InChI is InChI=1S/C14H14BrNO2/c1-16-11-4-2-3-10(15)12(11)14(13(16)18)7-5-9(17)6-8-14/h2-4H,5-8H2,1H3. The van der Waals surface area contributed by atoms with Gasteiger partial charge in [0.2, 0.25) is 5.91 Å². The number of fused-ring (bicyclic) bond motifs is 2. The van der Waals surface area contributed by atoms with Crippen molar-refractivity contribution in [2.45, 2.75) is 31.1 Å². The molecule has 0 aromatic heterocycles. The summed E-state index contributed by atoms with van der Waals surface area (Å²) in [5.41, 5.74) is 1.58. The van der Waals surface area contributed by atoms with Crippen LogP contribution in [0.25, 0.3) is 0 Å². The average Bonchev–Trinajstić information content (AvgIpc) is 2.57. The maximum atomic E-state index is 12.6. The smallest absolute Gasteiger partial charge is 0.237 e. The number of Topliss-reactive ketones (excluding diaryl/α,β-unsaturated/α-hetero) is 1. The Labute approximate surface area is 114 Å². The second kappa shape index (κ2) is 3.92. The highest BCUT2D eigenvalue weighted by Crippen LogP contribution is 2.51. The first-order chi connectivity index (χ1) is 8.56. The number of ketones is 1. The first kappa shape index (κ1) is 11.9. The van der Waals surface area contributed by atoms with Crippen LogP contribution in [0.1, 0.15) is 31.2 Å². The molecule has 1 heterocycles. The summed E-state index contributed by atoms with van der Waals surface area (Å²) < 4.78 is 0.979. The number of rotatable bonds is 0. The molecule has 3 nitrogen and oxygen atoms in total. The van der Waals surface area contributed by atoms with Gasteiger partial charge in [-0.1, -0.05) is 22.0 Å². The van der Waals surface area contributed by atoms with E-state index >= 15 is 0 Å². The summed E-state index contributed by atoms with van der Waals surface area (Å²) in [5, 5.41) is 0. The highest BCUT2D eigenvalue weighted by atomic mass is 79.9. The molecule has 1 aromatic rings. The van der Waals surface area contributed by atoms with Crippen LogP contribution < -0.4 is 4.90 Å². The lowest BCUT2D eigenvalue weighted by molar-refractivity contribution is -0.127. The van der Waals surface area contributed by atoms with Gasteiger partial charge in [-0.05, 0) is 25.0 Å². The van der Waals surface area contributed by atoms with Crippen molar-refractivity contribution in [3.05, 3.63) is 28.2 Å². The highest BCUT2D eigenvalue weighted by molar-refractivity contribution is 9.10. The summed E-state index contributed by atoms with van der Waals surface area (Å²) in [6, 6.07) is 5.90. The molecule has 1 amide bonds. The first-order valence-corrected chi connectivity index (χ1v) is 6.94. The van der Waals surface area contributed by atoms with Crippen LogP contribution in [0.2, 0.25) is 0 Å². The Hall–Kier alpha value is -1.16. The zero-order valence-electron chi connectivity index (χ0n) is 10.2. The van der Waals surface area contributed by atoms with Crippen LogP contribution in [-0.4, -0.2) is 18.7 Å².